The number of aromatic nitrogens is 5. The average molecular weight is 419 g/mol. The van der Waals surface area contributed by atoms with E-state index in [1.165, 1.54) is 50.5 Å². The number of rotatable bonds is 4. The molecule has 3 aromatic heterocycles. The summed E-state index contributed by atoms with van der Waals surface area (Å²) < 4.78 is 9.21. The Labute approximate surface area is 176 Å². The van der Waals surface area contributed by atoms with E-state index in [2.05, 4.69) is 41.3 Å². The van der Waals surface area contributed by atoms with Crippen LogP contribution in [0.2, 0.25) is 0 Å². The molecule has 3 heterocycles. The summed E-state index contributed by atoms with van der Waals surface area (Å²) in [5.41, 5.74) is 2.40. The van der Waals surface area contributed by atoms with E-state index in [1.807, 2.05) is 0 Å². The highest BCUT2D eigenvalue weighted by Gasteiger charge is 2.34. The van der Waals surface area contributed by atoms with Crippen molar-refractivity contribution < 1.29 is 4.42 Å². The Balaban J connectivity index is 1.37. The number of hydrogen-bond acceptors (Lipinski definition) is 6. The molecule has 9 heteroatoms. The molecule has 1 aromatic carbocycles. The van der Waals surface area contributed by atoms with Gasteiger partial charge in [0.05, 0.1) is 17.9 Å². The van der Waals surface area contributed by atoms with Gasteiger partial charge in [-0.1, -0.05) is 29.8 Å². The Kier molecular flexibility index (Phi) is 4.46. The van der Waals surface area contributed by atoms with Crippen LogP contribution in [0.1, 0.15) is 41.8 Å². The van der Waals surface area contributed by atoms with Crippen LogP contribution in [0.25, 0.3) is 11.0 Å². The SMILES string of the molecule is Cc1ccc(C2CC(n3nc(Cn4cnc5ccc(=O)n(C)c5c4=O)oc3=O)C2)cc1. The molecule has 5 rings (SSSR count). The van der Waals surface area contributed by atoms with Crippen LogP contribution in [0.15, 0.2) is 61.5 Å². The molecule has 1 fully saturated rings. The molecule has 0 spiro atoms. The van der Waals surface area contributed by atoms with Gasteiger partial charge in [-0.2, -0.15) is 4.68 Å². The van der Waals surface area contributed by atoms with Crippen LogP contribution in [0.4, 0.5) is 0 Å². The molecule has 0 bridgehead atoms. The quantitative estimate of drug-likeness (QED) is 0.499. The molecule has 4 aromatic rings. The van der Waals surface area contributed by atoms with Gasteiger partial charge in [0.15, 0.2) is 0 Å². The van der Waals surface area contributed by atoms with E-state index in [9.17, 15) is 14.4 Å². The first kappa shape index (κ1) is 19.2. The third-order valence-corrected chi connectivity index (χ3v) is 6.02. The predicted octanol–water partition coefficient (Wildman–Crippen LogP) is 1.72. The second-order valence-electron chi connectivity index (χ2n) is 8.08. The first-order valence-electron chi connectivity index (χ1n) is 10.1. The molecule has 0 atom stereocenters. The molecule has 158 valence electrons. The van der Waals surface area contributed by atoms with Gasteiger partial charge in [0.1, 0.15) is 12.1 Å². The van der Waals surface area contributed by atoms with Crippen LogP contribution in [-0.2, 0) is 13.6 Å². The summed E-state index contributed by atoms with van der Waals surface area (Å²) in [4.78, 5) is 41.3. The lowest BCUT2D eigenvalue weighted by Crippen LogP contribution is -2.32. The lowest BCUT2D eigenvalue weighted by atomic mass is 9.76. The molecule has 0 N–H and O–H groups in total. The molecule has 0 radical (unpaired) electrons. The Morgan fingerprint density at radius 2 is 1.81 bits per heavy atom. The number of fused-ring (bicyclic) bond motifs is 1. The van der Waals surface area contributed by atoms with E-state index in [4.69, 9.17) is 4.42 Å². The van der Waals surface area contributed by atoms with E-state index in [1.54, 1.807) is 0 Å². The average Bonchev–Trinajstić information content (AvgIpc) is 3.07. The van der Waals surface area contributed by atoms with Crippen LogP contribution in [0.5, 0.6) is 0 Å². The minimum atomic E-state index is -0.531. The van der Waals surface area contributed by atoms with Crippen LogP contribution >= 0.6 is 0 Å². The van der Waals surface area contributed by atoms with Gasteiger partial charge in [0.2, 0.25) is 5.89 Å². The van der Waals surface area contributed by atoms with Gasteiger partial charge < -0.3 is 8.98 Å². The fourth-order valence-electron chi connectivity index (χ4n) is 4.08. The van der Waals surface area contributed by atoms with Crippen molar-refractivity contribution in [3.8, 4) is 0 Å². The van der Waals surface area contributed by atoms with Gasteiger partial charge in [0, 0.05) is 13.1 Å². The predicted molar refractivity (Wildman–Crippen MR) is 113 cm³/mol. The fraction of sp³-hybridized carbons (Fsp3) is 0.318. The number of hydrogen-bond donors (Lipinski definition) is 0. The van der Waals surface area contributed by atoms with Gasteiger partial charge in [-0.05, 0) is 37.3 Å². The van der Waals surface area contributed by atoms with Crippen LogP contribution < -0.4 is 16.9 Å². The lowest BCUT2D eigenvalue weighted by Gasteiger charge is -2.34. The van der Waals surface area contributed by atoms with Crippen molar-refractivity contribution in [2.45, 2.75) is 38.3 Å². The minimum Gasteiger partial charge on any atom is -0.390 e. The monoisotopic (exact) mass is 419 g/mol. The molecule has 0 amide bonds. The molecular weight excluding hydrogens is 398 g/mol. The summed E-state index contributed by atoms with van der Waals surface area (Å²) in [6.07, 6.45) is 2.99. The third-order valence-electron chi connectivity index (χ3n) is 6.02. The van der Waals surface area contributed by atoms with Gasteiger partial charge in [0.25, 0.3) is 11.1 Å². The van der Waals surface area contributed by atoms with E-state index in [-0.39, 0.29) is 29.6 Å². The summed E-state index contributed by atoms with van der Waals surface area (Å²) in [5.74, 6) is -0.00392. The topological polar surface area (TPSA) is 105 Å². The molecule has 9 nitrogen and oxygen atoms in total. The zero-order valence-electron chi connectivity index (χ0n) is 17.2. The van der Waals surface area contributed by atoms with Crippen molar-refractivity contribution in [3.63, 3.8) is 0 Å². The summed E-state index contributed by atoms with van der Waals surface area (Å²) >= 11 is 0. The standard InChI is InChI=1S/C22H21N5O4/c1-13-3-5-14(6-4-13)15-9-16(10-15)27-22(30)31-18(24-27)11-26-12-23-17-7-8-19(28)25(2)20(17)21(26)29/h3-8,12,15-16H,9-11H2,1-2H3. The van der Waals surface area contributed by atoms with Crippen molar-refractivity contribution in [2.75, 3.05) is 0 Å². The van der Waals surface area contributed by atoms with E-state index >= 15 is 0 Å². The largest absolute Gasteiger partial charge is 0.437 e. The van der Waals surface area contributed by atoms with E-state index in [0.29, 0.717) is 11.4 Å². The lowest BCUT2D eigenvalue weighted by molar-refractivity contribution is 0.233. The zero-order chi connectivity index (χ0) is 21.7. The van der Waals surface area contributed by atoms with E-state index in [0.717, 1.165) is 12.8 Å². The highest BCUT2D eigenvalue weighted by atomic mass is 16.4. The maximum absolute atomic E-state index is 12.8. The Morgan fingerprint density at radius 1 is 1.06 bits per heavy atom. The molecule has 0 unspecified atom stereocenters. The van der Waals surface area contributed by atoms with Gasteiger partial charge >= 0.3 is 5.76 Å². The third kappa shape index (κ3) is 3.31. The van der Waals surface area contributed by atoms with Gasteiger partial charge in [-0.25, -0.2) is 9.78 Å². The van der Waals surface area contributed by atoms with Crippen molar-refractivity contribution >= 4 is 11.0 Å². The maximum atomic E-state index is 12.8. The number of pyridine rings is 1. The second kappa shape index (κ2) is 7.19. The van der Waals surface area contributed by atoms with Crippen molar-refractivity contribution in [2.24, 2.45) is 7.05 Å². The van der Waals surface area contributed by atoms with Gasteiger partial charge in [-0.15, -0.1) is 5.10 Å². The van der Waals surface area contributed by atoms with Gasteiger partial charge in [-0.3, -0.25) is 14.2 Å². The van der Waals surface area contributed by atoms with Crippen LogP contribution in [-0.4, -0.2) is 23.9 Å². The fourth-order valence-corrected chi connectivity index (χ4v) is 4.08. The van der Waals surface area contributed by atoms with Crippen molar-refractivity contribution in [3.05, 3.63) is 91.0 Å². The summed E-state index contributed by atoms with van der Waals surface area (Å²) in [6.45, 7) is 2.01. The smallest absolute Gasteiger partial charge is 0.390 e. The van der Waals surface area contributed by atoms with Crippen LogP contribution in [0, 0.1) is 6.92 Å². The molecule has 31 heavy (non-hydrogen) atoms. The highest BCUT2D eigenvalue weighted by molar-refractivity contribution is 5.72. The van der Waals surface area contributed by atoms with Crippen molar-refractivity contribution in [1.82, 2.24) is 23.9 Å². The highest BCUT2D eigenvalue weighted by Crippen LogP contribution is 2.43. The Bertz CT molecular complexity index is 1450. The zero-order valence-corrected chi connectivity index (χ0v) is 17.2. The summed E-state index contributed by atoms with van der Waals surface area (Å²) in [5, 5.41) is 4.31. The Hall–Kier alpha value is -3.75. The number of benzene rings is 1. The van der Waals surface area contributed by atoms with E-state index < -0.39 is 11.3 Å². The summed E-state index contributed by atoms with van der Waals surface area (Å²) in [7, 11) is 1.52. The molecule has 0 saturated heterocycles. The Morgan fingerprint density at radius 3 is 2.55 bits per heavy atom. The molecule has 1 saturated carbocycles. The van der Waals surface area contributed by atoms with Crippen LogP contribution in [0.3, 0.4) is 0 Å². The molecular formula is C22H21N5O4. The summed E-state index contributed by atoms with van der Waals surface area (Å²) in [6, 6.07) is 11.3. The minimum absolute atomic E-state index is 0.0245. The first-order chi connectivity index (χ1) is 14.9. The number of aryl methyl sites for hydroxylation is 2. The number of nitrogens with zero attached hydrogens (tertiary/aromatic N) is 5. The second-order valence-corrected chi connectivity index (χ2v) is 8.08. The molecule has 1 aliphatic rings. The molecule has 0 aliphatic heterocycles. The normalized spacial score (nSPS) is 18.3. The first-order valence-corrected chi connectivity index (χ1v) is 10.1. The van der Waals surface area contributed by atoms with Crippen molar-refractivity contribution in [1.29, 1.82) is 0 Å². The molecule has 1 aliphatic carbocycles. The maximum Gasteiger partial charge on any atom is 0.437 e.